The molecular weight excluding hydrogens is 266 g/mol. The first kappa shape index (κ1) is 14.4. The van der Waals surface area contributed by atoms with E-state index in [0.29, 0.717) is 13.2 Å². The minimum absolute atomic E-state index is 0.111. The molecule has 1 heterocycles. The van der Waals surface area contributed by atoms with Crippen LogP contribution in [0.4, 0.5) is 0 Å². The lowest BCUT2D eigenvalue weighted by Gasteiger charge is -2.18. The van der Waals surface area contributed by atoms with Gasteiger partial charge in [-0.2, -0.15) is 4.31 Å². The molecule has 0 unspecified atom stereocenters. The highest BCUT2D eigenvalue weighted by Gasteiger charge is 2.28. The summed E-state index contributed by atoms with van der Waals surface area (Å²) in [6.45, 7) is 2.71. The van der Waals surface area contributed by atoms with Crippen molar-refractivity contribution in [3.63, 3.8) is 0 Å². The van der Waals surface area contributed by atoms with Crippen molar-refractivity contribution >= 4 is 21.6 Å². The molecule has 0 saturated heterocycles. The number of ether oxygens (including phenoxy) is 1. The second-order valence-corrected chi connectivity index (χ2v) is 5.65. The second-order valence-electron chi connectivity index (χ2n) is 3.44. The van der Waals surface area contributed by atoms with Gasteiger partial charge in [-0.05, 0) is 0 Å². The number of likely N-dealkylation sites (N-methyl/N-ethyl adjacent to an activating group) is 1. The summed E-state index contributed by atoms with van der Waals surface area (Å²) in [7, 11) is -0.483. The maximum atomic E-state index is 12.2. The first-order valence-electron chi connectivity index (χ1n) is 5.11. The average molecular weight is 282 g/mol. The molecule has 0 aliphatic rings. The van der Waals surface area contributed by atoms with Crippen LogP contribution in [0, 0.1) is 0 Å². The number of halogens is 1. The number of sulfonamides is 1. The molecule has 6 nitrogen and oxygen atoms in total. The number of imidazole rings is 1. The first-order valence-corrected chi connectivity index (χ1v) is 6.92. The number of rotatable bonds is 6. The van der Waals surface area contributed by atoms with Gasteiger partial charge >= 0.3 is 0 Å². The van der Waals surface area contributed by atoms with Crippen molar-refractivity contribution in [2.75, 3.05) is 26.8 Å². The Morgan fingerprint density at radius 1 is 1.59 bits per heavy atom. The average Bonchev–Trinajstić information content (AvgIpc) is 2.61. The van der Waals surface area contributed by atoms with Gasteiger partial charge in [-0.25, -0.2) is 13.4 Å². The van der Waals surface area contributed by atoms with E-state index in [4.69, 9.17) is 16.3 Å². The summed E-state index contributed by atoms with van der Waals surface area (Å²) in [6.07, 6.45) is 1.37. The summed E-state index contributed by atoms with van der Waals surface area (Å²) in [5.41, 5.74) is 0. The predicted octanol–water partition coefficient (Wildman–Crippen LogP) is 0.730. The van der Waals surface area contributed by atoms with Crippen LogP contribution in [0.25, 0.3) is 0 Å². The molecule has 0 amide bonds. The molecule has 0 radical (unpaired) electrons. The molecule has 0 saturated carbocycles. The summed E-state index contributed by atoms with van der Waals surface area (Å²) in [5.74, 6) is 0. The van der Waals surface area contributed by atoms with E-state index in [1.54, 1.807) is 14.0 Å². The monoisotopic (exact) mass is 281 g/mol. The Bertz CT molecular complexity index is 472. The van der Waals surface area contributed by atoms with Crippen LogP contribution in [-0.2, 0) is 21.8 Å². The molecule has 0 atom stereocenters. The fourth-order valence-corrected chi connectivity index (χ4v) is 3.15. The molecule has 1 aromatic heterocycles. The van der Waals surface area contributed by atoms with Crippen molar-refractivity contribution in [2.45, 2.75) is 11.9 Å². The Morgan fingerprint density at radius 2 is 2.24 bits per heavy atom. The number of nitrogens with zero attached hydrogens (tertiary/aromatic N) is 3. The minimum atomic E-state index is -3.64. The molecule has 0 fully saturated rings. The quantitative estimate of drug-likeness (QED) is 0.771. The van der Waals surface area contributed by atoms with E-state index >= 15 is 0 Å². The summed E-state index contributed by atoms with van der Waals surface area (Å²) in [4.78, 5) is 3.82. The third kappa shape index (κ3) is 2.98. The lowest BCUT2D eigenvalue weighted by Crippen LogP contribution is -2.34. The number of aryl methyl sites for hydroxylation is 1. The topological polar surface area (TPSA) is 64.4 Å². The summed E-state index contributed by atoms with van der Waals surface area (Å²) < 4.78 is 32.0. The van der Waals surface area contributed by atoms with E-state index < -0.39 is 10.0 Å². The summed E-state index contributed by atoms with van der Waals surface area (Å²) in [6, 6.07) is 0. The molecular formula is C9H16ClN3O3S. The van der Waals surface area contributed by atoms with Crippen LogP contribution in [0.3, 0.4) is 0 Å². The molecule has 98 valence electrons. The SMILES string of the molecule is CCN(CCOC)S(=O)(=O)c1ncn(C)c1Cl. The molecule has 0 bridgehead atoms. The van der Waals surface area contributed by atoms with Crippen LogP contribution >= 0.6 is 11.6 Å². The fraction of sp³-hybridized carbons (Fsp3) is 0.667. The van der Waals surface area contributed by atoms with Crippen LogP contribution in [-0.4, -0.2) is 49.1 Å². The van der Waals surface area contributed by atoms with Crippen molar-refractivity contribution in [1.82, 2.24) is 13.9 Å². The van der Waals surface area contributed by atoms with Crippen molar-refractivity contribution in [3.8, 4) is 0 Å². The Hall–Kier alpha value is -0.630. The summed E-state index contributed by atoms with van der Waals surface area (Å²) in [5, 5.41) is 0.000451. The normalized spacial score (nSPS) is 12.3. The molecule has 17 heavy (non-hydrogen) atoms. The van der Waals surface area contributed by atoms with Crippen molar-refractivity contribution in [2.24, 2.45) is 7.05 Å². The van der Waals surface area contributed by atoms with Crippen molar-refractivity contribution < 1.29 is 13.2 Å². The van der Waals surface area contributed by atoms with Crippen molar-refractivity contribution in [1.29, 1.82) is 0 Å². The predicted molar refractivity (Wildman–Crippen MR) is 64.5 cm³/mol. The zero-order valence-electron chi connectivity index (χ0n) is 10.1. The lowest BCUT2D eigenvalue weighted by atomic mass is 10.6. The van der Waals surface area contributed by atoms with Crippen LogP contribution in [0.15, 0.2) is 11.4 Å². The van der Waals surface area contributed by atoms with Gasteiger partial charge in [0, 0.05) is 27.2 Å². The molecule has 1 rings (SSSR count). The highest BCUT2D eigenvalue weighted by atomic mass is 35.5. The Morgan fingerprint density at radius 3 is 2.65 bits per heavy atom. The van der Waals surface area contributed by atoms with E-state index in [0.717, 1.165) is 0 Å². The van der Waals surface area contributed by atoms with Gasteiger partial charge in [0.05, 0.1) is 12.9 Å². The maximum Gasteiger partial charge on any atom is 0.263 e. The van der Waals surface area contributed by atoms with Gasteiger partial charge < -0.3 is 9.30 Å². The number of methoxy groups -OCH3 is 1. The van der Waals surface area contributed by atoms with Crippen LogP contribution < -0.4 is 0 Å². The number of hydrogen-bond acceptors (Lipinski definition) is 4. The molecule has 0 N–H and O–H groups in total. The molecule has 0 aliphatic heterocycles. The van der Waals surface area contributed by atoms with Crippen LogP contribution in [0.5, 0.6) is 0 Å². The van der Waals surface area contributed by atoms with E-state index in [-0.39, 0.29) is 16.7 Å². The molecule has 0 aliphatic carbocycles. The van der Waals surface area contributed by atoms with Gasteiger partial charge in [0.25, 0.3) is 10.0 Å². The van der Waals surface area contributed by atoms with E-state index in [1.807, 2.05) is 0 Å². The van der Waals surface area contributed by atoms with Crippen LogP contribution in [0.1, 0.15) is 6.92 Å². The highest BCUT2D eigenvalue weighted by Crippen LogP contribution is 2.22. The van der Waals surface area contributed by atoms with Crippen molar-refractivity contribution in [3.05, 3.63) is 11.5 Å². The molecule has 8 heteroatoms. The zero-order valence-corrected chi connectivity index (χ0v) is 11.6. The third-order valence-corrected chi connectivity index (χ3v) is 4.78. The van der Waals surface area contributed by atoms with Gasteiger partial charge in [0.15, 0.2) is 0 Å². The minimum Gasteiger partial charge on any atom is -0.383 e. The second kappa shape index (κ2) is 5.81. The molecule has 1 aromatic rings. The number of hydrogen-bond donors (Lipinski definition) is 0. The van der Waals surface area contributed by atoms with Gasteiger partial charge in [0.2, 0.25) is 5.03 Å². The van der Waals surface area contributed by atoms with Gasteiger partial charge in [-0.3, -0.25) is 0 Å². The Kier molecular flexibility index (Phi) is 4.93. The smallest absolute Gasteiger partial charge is 0.263 e. The molecule has 0 spiro atoms. The molecule has 0 aromatic carbocycles. The summed E-state index contributed by atoms with van der Waals surface area (Å²) >= 11 is 5.89. The van der Waals surface area contributed by atoms with E-state index in [1.165, 1.54) is 22.3 Å². The largest absolute Gasteiger partial charge is 0.383 e. The van der Waals surface area contributed by atoms with Gasteiger partial charge in [0.1, 0.15) is 5.15 Å². The van der Waals surface area contributed by atoms with E-state index in [2.05, 4.69) is 4.98 Å². The van der Waals surface area contributed by atoms with E-state index in [9.17, 15) is 8.42 Å². The first-order chi connectivity index (χ1) is 7.95. The Labute approximate surface area is 106 Å². The third-order valence-electron chi connectivity index (χ3n) is 2.32. The highest BCUT2D eigenvalue weighted by molar-refractivity contribution is 7.89. The standard InChI is InChI=1S/C9H16ClN3O3S/c1-4-13(5-6-16-3)17(14,15)9-8(10)12(2)7-11-9/h7H,4-6H2,1-3H3. The van der Waals surface area contributed by atoms with Gasteiger partial charge in [-0.15, -0.1) is 0 Å². The fourth-order valence-electron chi connectivity index (χ4n) is 1.33. The Balaban J connectivity index is 3.04. The van der Waals surface area contributed by atoms with Gasteiger partial charge in [-0.1, -0.05) is 18.5 Å². The van der Waals surface area contributed by atoms with Crippen LogP contribution in [0.2, 0.25) is 5.15 Å². The number of aromatic nitrogens is 2. The maximum absolute atomic E-state index is 12.2. The lowest BCUT2D eigenvalue weighted by molar-refractivity contribution is 0.180. The zero-order chi connectivity index (χ0) is 13.1.